The molecule has 2 rings (SSSR count). The van der Waals surface area contributed by atoms with Crippen molar-refractivity contribution < 1.29 is 19.1 Å². The van der Waals surface area contributed by atoms with Gasteiger partial charge in [0.15, 0.2) is 0 Å². The van der Waals surface area contributed by atoms with Gasteiger partial charge in [-0.2, -0.15) is 0 Å². The molecular weight excluding hydrogens is 296 g/mol. The lowest BCUT2D eigenvalue weighted by Gasteiger charge is -2.30. The maximum atomic E-state index is 12.2. The number of benzene rings is 1. The zero-order chi connectivity index (χ0) is 16.7. The van der Waals surface area contributed by atoms with Crippen molar-refractivity contribution in [2.75, 3.05) is 33.9 Å². The summed E-state index contributed by atoms with van der Waals surface area (Å²) >= 11 is 0. The molecule has 0 saturated carbocycles. The summed E-state index contributed by atoms with van der Waals surface area (Å²) < 4.78 is 10.00. The number of rotatable bonds is 5. The summed E-state index contributed by atoms with van der Waals surface area (Å²) in [5.74, 6) is 0.867. The zero-order valence-corrected chi connectivity index (χ0v) is 13.7. The van der Waals surface area contributed by atoms with E-state index in [4.69, 9.17) is 9.47 Å². The Morgan fingerprint density at radius 1 is 1.22 bits per heavy atom. The number of amides is 2. The SMILES string of the molecule is COC(=O)N1CCC(C(=O)NCCc2ccccc2OC)CC1. The van der Waals surface area contributed by atoms with Crippen LogP contribution in [0.15, 0.2) is 24.3 Å². The molecule has 6 nitrogen and oxygen atoms in total. The minimum absolute atomic E-state index is 0.0337. The fourth-order valence-electron chi connectivity index (χ4n) is 2.83. The van der Waals surface area contributed by atoms with Crippen molar-refractivity contribution in [3.8, 4) is 5.75 Å². The van der Waals surface area contributed by atoms with E-state index < -0.39 is 0 Å². The average molecular weight is 320 g/mol. The Morgan fingerprint density at radius 2 is 1.91 bits per heavy atom. The largest absolute Gasteiger partial charge is 0.496 e. The van der Waals surface area contributed by atoms with Gasteiger partial charge in [0, 0.05) is 25.6 Å². The fraction of sp³-hybridized carbons (Fsp3) is 0.529. The van der Waals surface area contributed by atoms with Gasteiger partial charge in [-0.3, -0.25) is 4.79 Å². The van der Waals surface area contributed by atoms with Crippen LogP contribution >= 0.6 is 0 Å². The van der Waals surface area contributed by atoms with Crippen molar-refractivity contribution in [2.45, 2.75) is 19.3 Å². The van der Waals surface area contributed by atoms with Crippen molar-refractivity contribution in [1.82, 2.24) is 10.2 Å². The molecule has 1 aliphatic heterocycles. The summed E-state index contributed by atoms with van der Waals surface area (Å²) in [6, 6.07) is 7.80. The molecule has 0 bridgehead atoms. The molecule has 1 N–H and O–H groups in total. The molecule has 1 heterocycles. The van der Waals surface area contributed by atoms with Crippen molar-refractivity contribution in [1.29, 1.82) is 0 Å². The van der Waals surface area contributed by atoms with Crippen molar-refractivity contribution >= 4 is 12.0 Å². The Hall–Kier alpha value is -2.24. The Morgan fingerprint density at radius 3 is 2.57 bits per heavy atom. The molecule has 126 valence electrons. The van der Waals surface area contributed by atoms with Gasteiger partial charge in [0.2, 0.25) is 5.91 Å². The number of nitrogens with one attached hydrogen (secondary N) is 1. The van der Waals surface area contributed by atoms with Gasteiger partial charge in [0.1, 0.15) is 5.75 Å². The van der Waals surface area contributed by atoms with Crippen LogP contribution in [-0.4, -0.2) is 50.8 Å². The predicted octanol–water partition coefficient (Wildman–Crippen LogP) is 1.83. The standard InChI is InChI=1S/C17H24N2O4/c1-22-15-6-4-3-5-13(15)7-10-18-16(20)14-8-11-19(12-9-14)17(21)23-2/h3-6,14H,7-12H2,1-2H3,(H,18,20). The summed E-state index contributed by atoms with van der Waals surface area (Å²) in [5.41, 5.74) is 1.08. The van der Waals surface area contributed by atoms with Gasteiger partial charge in [-0.05, 0) is 30.9 Å². The molecule has 0 aromatic heterocycles. The predicted molar refractivity (Wildman–Crippen MR) is 86.4 cm³/mol. The second-order valence-electron chi connectivity index (χ2n) is 5.58. The highest BCUT2D eigenvalue weighted by molar-refractivity contribution is 5.79. The van der Waals surface area contributed by atoms with Crippen LogP contribution in [0.5, 0.6) is 5.75 Å². The smallest absolute Gasteiger partial charge is 0.409 e. The third-order valence-corrected chi connectivity index (χ3v) is 4.18. The molecule has 1 aromatic rings. The van der Waals surface area contributed by atoms with E-state index in [0.29, 0.717) is 32.5 Å². The van der Waals surface area contributed by atoms with E-state index in [0.717, 1.165) is 17.7 Å². The van der Waals surface area contributed by atoms with Crippen molar-refractivity contribution in [3.63, 3.8) is 0 Å². The van der Waals surface area contributed by atoms with Gasteiger partial charge in [-0.1, -0.05) is 18.2 Å². The van der Waals surface area contributed by atoms with Gasteiger partial charge in [-0.25, -0.2) is 4.79 Å². The highest BCUT2D eigenvalue weighted by Gasteiger charge is 2.27. The molecule has 0 atom stereocenters. The van der Waals surface area contributed by atoms with Crippen LogP contribution < -0.4 is 10.1 Å². The zero-order valence-electron chi connectivity index (χ0n) is 13.7. The number of hydrogen-bond acceptors (Lipinski definition) is 4. The summed E-state index contributed by atoms with van der Waals surface area (Å²) in [7, 11) is 3.02. The van der Waals surface area contributed by atoms with Gasteiger partial charge in [0.05, 0.1) is 14.2 Å². The van der Waals surface area contributed by atoms with Gasteiger partial charge in [0.25, 0.3) is 0 Å². The lowest BCUT2D eigenvalue weighted by molar-refractivity contribution is -0.126. The van der Waals surface area contributed by atoms with Crippen LogP contribution in [0.3, 0.4) is 0 Å². The number of carbonyl (C=O) groups is 2. The Kier molecular flexibility index (Phi) is 6.26. The number of nitrogens with zero attached hydrogens (tertiary/aromatic N) is 1. The third kappa shape index (κ3) is 4.61. The summed E-state index contributed by atoms with van der Waals surface area (Å²) in [6.45, 7) is 1.71. The average Bonchev–Trinajstić information content (AvgIpc) is 2.61. The van der Waals surface area contributed by atoms with Gasteiger partial charge < -0.3 is 19.7 Å². The first-order valence-corrected chi connectivity index (χ1v) is 7.88. The minimum atomic E-state index is -0.319. The van der Waals surface area contributed by atoms with E-state index in [-0.39, 0.29) is 17.9 Å². The molecule has 1 aliphatic rings. The van der Waals surface area contributed by atoms with E-state index in [2.05, 4.69) is 5.32 Å². The minimum Gasteiger partial charge on any atom is -0.496 e. The van der Waals surface area contributed by atoms with Crippen LogP contribution in [0.1, 0.15) is 18.4 Å². The Labute approximate surface area is 136 Å². The number of methoxy groups -OCH3 is 2. The number of ether oxygens (including phenoxy) is 2. The maximum absolute atomic E-state index is 12.2. The topological polar surface area (TPSA) is 67.9 Å². The molecule has 1 aromatic carbocycles. The lowest BCUT2D eigenvalue weighted by atomic mass is 9.96. The number of hydrogen-bond donors (Lipinski definition) is 1. The monoisotopic (exact) mass is 320 g/mol. The number of carbonyl (C=O) groups excluding carboxylic acids is 2. The Balaban J connectivity index is 1.74. The molecule has 0 unspecified atom stereocenters. The first-order chi connectivity index (χ1) is 11.2. The van der Waals surface area contributed by atoms with Crippen LogP contribution in [-0.2, 0) is 16.0 Å². The summed E-state index contributed by atoms with van der Waals surface area (Å²) in [4.78, 5) is 25.3. The highest BCUT2D eigenvalue weighted by Crippen LogP contribution is 2.19. The molecule has 23 heavy (non-hydrogen) atoms. The molecule has 1 saturated heterocycles. The fourth-order valence-corrected chi connectivity index (χ4v) is 2.83. The van der Waals surface area contributed by atoms with E-state index >= 15 is 0 Å². The van der Waals surface area contributed by atoms with Crippen molar-refractivity contribution in [3.05, 3.63) is 29.8 Å². The van der Waals surface area contributed by atoms with Crippen LogP contribution in [0, 0.1) is 5.92 Å². The quantitative estimate of drug-likeness (QED) is 0.899. The molecule has 0 radical (unpaired) electrons. The van der Waals surface area contributed by atoms with Gasteiger partial charge in [-0.15, -0.1) is 0 Å². The molecule has 0 spiro atoms. The number of likely N-dealkylation sites (tertiary alicyclic amines) is 1. The van der Waals surface area contributed by atoms with E-state index in [1.54, 1.807) is 12.0 Å². The first kappa shape index (κ1) is 17.1. The van der Waals surface area contributed by atoms with E-state index in [1.165, 1.54) is 7.11 Å². The second-order valence-corrected chi connectivity index (χ2v) is 5.58. The van der Waals surface area contributed by atoms with Gasteiger partial charge >= 0.3 is 6.09 Å². The van der Waals surface area contributed by atoms with Crippen molar-refractivity contribution in [2.24, 2.45) is 5.92 Å². The van der Waals surface area contributed by atoms with Crippen LogP contribution in [0.4, 0.5) is 4.79 Å². The van der Waals surface area contributed by atoms with E-state index in [9.17, 15) is 9.59 Å². The Bertz CT molecular complexity index is 539. The third-order valence-electron chi connectivity index (χ3n) is 4.18. The molecule has 0 aliphatic carbocycles. The molecule has 1 fully saturated rings. The molecule has 6 heteroatoms. The normalized spacial score (nSPS) is 15.1. The first-order valence-electron chi connectivity index (χ1n) is 7.88. The maximum Gasteiger partial charge on any atom is 0.409 e. The lowest BCUT2D eigenvalue weighted by Crippen LogP contribution is -2.43. The van der Waals surface area contributed by atoms with Crippen LogP contribution in [0.25, 0.3) is 0 Å². The van der Waals surface area contributed by atoms with E-state index in [1.807, 2.05) is 24.3 Å². The number of para-hydroxylation sites is 1. The second kappa shape index (κ2) is 8.41. The number of piperidine rings is 1. The molecular formula is C17H24N2O4. The summed E-state index contributed by atoms with van der Waals surface area (Å²) in [6.07, 6.45) is 1.77. The highest BCUT2D eigenvalue weighted by atomic mass is 16.5. The summed E-state index contributed by atoms with van der Waals surface area (Å²) in [5, 5.41) is 2.98. The molecule has 2 amide bonds. The van der Waals surface area contributed by atoms with Crippen LogP contribution in [0.2, 0.25) is 0 Å².